The van der Waals surface area contributed by atoms with Gasteiger partial charge >= 0.3 is 0 Å². The Morgan fingerprint density at radius 2 is 1.66 bits per heavy atom. The summed E-state index contributed by atoms with van der Waals surface area (Å²) in [5.74, 6) is 0. The highest BCUT2D eigenvalue weighted by molar-refractivity contribution is 14.1. The van der Waals surface area contributed by atoms with Crippen LogP contribution in [0.15, 0.2) is 60.7 Å². The van der Waals surface area contributed by atoms with E-state index in [4.69, 9.17) is 4.74 Å². The van der Waals surface area contributed by atoms with Gasteiger partial charge in [-0.15, -0.1) is 4.31 Å². The molecule has 158 valence electrons. The van der Waals surface area contributed by atoms with Gasteiger partial charge in [0.15, 0.2) is 0 Å². The lowest BCUT2D eigenvalue weighted by molar-refractivity contribution is -0.0661. The molecule has 0 saturated carbocycles. The largest absolute Gasteiger partial charge is 0.597 e. The van der Waals surface area contributed by atoms with Crippen molar-refractivity contribution in [1.29, 1.82) is 0 Å². The van der Waals surface area contributed by atoms with E-state index in [9.17, 15) is 4.55 Å². The van der Waals surface area contributed by atoms with Gasteiger partial charge < -0.3 is 9.29 Å². The highest BCUT2D eigenvalue weighted by Gasteiger charge is 2.44. The average molecular weight is 525 g/mol. The highest BCUT2D eigenvalue weighted by atomic mass is 127. The molecular formula is C24H32INO2S. The molecule has 1 aliphatic heterocycles. The van der Waals surface area contributed by atoms with Crippen LogP contribution in [-0.2, 0) is 22.6 Å². The van der Waals surface area contributed by atoms with Crippen LogP contribution < -0.4 is 0 Å². The number of hydrogen-bond acceptors (Lipinski definition) is 3. The van der Waals surface area contributed by atoms with Crippen LogP contribution in [0.5, 0.6) is 0 Å². The van der Waals surface area contributed by atoms with E-state index in [0.717, 1.165) is 12.8 Å². The molecule has 5 heteroatoms. The van der Waals surface area contributed by atoms with Gasteiger partial charge in [0.25, 0.3) is 0 Å². The zero-order valence-corrected chi connectivity index (χ0v) is 20.7. The van der Waals surface area contributed by atoms with Gasteiger partial charge in [-0.25, -0.2) is 0 Å². The summed E-state index contributed by atoms with van der Waals surface area (Å²) >= 11 is 1.32. The van der Waals surface area contributed by atoms with Crippen molar-refractivity contribution in [3.05, 3.63) is 71.8 Å². The van der Waals surface area contributed by atoms with E-state index >= 15 is 0 Å². The molecule has 5 unspecified atom stereocenters. The summed E-state index contributed by atoms with van der Waals surface area (Å²) in [5.41, 5.74) is 2.34. The Morgan fingerprint density at radius 1 is 1.07 bits per heavy atom. The fraction of sp³-hybridized carbons (Fsp3) is 0.500. The fourth-order valence-electron chi connectivity index (χ4n) is 3.81. The molecule has 2 aromatic carbocycles. The first-order valence-electron chi connectivity index (χ1n) is 10.3. The van der Waals surface area contributed by atoms with Crippen molar-refractivity contribution in [2.24, 2.45) is 0 Å². The van der Waals surface area contributed by atoms with Crippen LogP contribution in [0, 0.1) is 0 Å². The highest BCUT2D eigenvalue weighted by Crippen LogP contribution is 2.40. The first-order valence-corrected chi connectivity index (χ1v) is 12.7. The summed E-state index contributed by atoms with van der Waals surface area (Å²) in [5, 5.41) is 0. The Hall–Kier alpha value is -0.600. The average Bonchev–Trinajstić information content (AvgIpc) is 2.70. The standard InChI is InChI=1S/C24H32INO2S/c1-18-21(25)15-16-22(28-18)23(20-13-9-6-10-14-20)26(29(27)24(2,3)4)17-19-11-7-5-8-12-19/h5-14,18,21-23H,15-17H2,1-4H3. The van der Waals surface area contributed by atoms with Crippen LogP contribution in [0.3, 0.4) is 0 Å². The Bertz CT molecular complexity index is 752. The van der Waals surface area contributed by atoms with E-state index in [1.807, 2.05) is 45.0 Å². The zero-order chi connectivity index (χ0) is 21.0. The Morgan fingerprint density at radius 3 is 2.21 bits per heavy atom. The van der Waals surface area contributed by atoms with Gasteiger partial charge in [-0.2, -0.15) is 0 Å². The molecule has 1 heterocycles. The minimum Gasteiger partial charge on any atom is -0.597 e. The summed E-state index contributed by atoms with van der Waals surface area (Å²) in [4.78, 5) is 0. The van der Waals surface area contributed by atoms with Gasteiger partial charge in [-0.05, 0) is 51.7 Å². The molecule has 0 spiro atoms. The second kappa shape index (κ2) is 10.1. The second-order valence-corrected chi connectivity index (χ2v) is 12.5. The normalized spacial score (nSPS) is 25.0. The van der Waals surface area contributed by atoms with Crippen LogP contribution in [0.4, 0.5) is 0 Å². The van der Waals surface area contributed by atoms with E-state index in [0.29, 0.717) is 10.5 Å². The molecule has 0 bridgehead atoms. The molecule has 2 aromatic rings. The van der Waals surface area contributed by atoms with Crippen molar-refractivity contribution >= 4 is 34.0 Å². The molecule has 0 N–H and O–H groups in total. The summed E-state index contributed by atoms with van der Waals surface area (Å²) in [6, 6.07) is 20.7. The first kappa shape index (κ1) is 23.1. The minimum atomic E-state index is -1.18. The van der Waals surface area contributed by atoms with E-state index < -0.39 is 11.4 Å². The Labute approximate surface area is 192 Å². The molecule has 0 radical (unpaired) electrons. The maximum atomic E-state index is 13.8. The van der Waals surface area contributed by atoms with E-state index in [2.05, 4.69) is 70.2 Å². The summed E-state index contributed by atoms with van der Waals surface area (Å²) in [6.07, 6.45) is 2.32. The monoisotopic (exact) mass is 525 g/mol. The second-order valence-electron chi connectivity index (χ2n) is 8.75. The van der Waals surface area contributed by atoms with Crippen molar-refractivity contribution in [3.63, 3.8) is 0 Å². The van der Waals surface area contributed by atoms with Crippen molar-refractivity contribution in [1.82, 2.24) is 4.31 Å². The third-order valence-electron chi connectivity index (χ3n) is 5.35. The number of hydrogen-bond donors (Lipinski definition) is 0. The lowest BCUT2D eigenvalue weighted by Gasteiger charge is -2.43. The van der Waals surface area contributed by atoms with E-state index in [1.54, 1.807) is 0 Å². The third-order valence-corrected chi connectivity index (χ3v) is 8.81. The van der Waals surface area contributed by atoms with Gasteiger partial charge in [0.2, 0.25) is 0 Å². The topological polar surface area (TPSA) is 35.5 Å². The van der Waals surface area contributed by atoms with Gasteiger partial charge in [0, 0.05) is 15.3 Å². The van der Waals surface area contributed by atoms with E-state index in [-0.39, 0.29) is 23.0 Å². The molecular weight excluding hydrogens is 493 g/mol. The van der Waals surface area contributed by atoms with Crippen molar-refractivity contribution < 1.29 is 9.29 Å². The number of nitrogens with zero attached hydrogens (tertiary/aromatic N) is 1. The van der Waals surface area contributed by atoms with E-state index in [1.165, 1.54) is 11.1 Å². The number of alkyl halides is 1. The number of ether oxygens (including phenoxy) is 1. The Kier molecular flexibility index (Phi) is 8.07. The lowest BCUT2D eigenvalue weighted by atomic mass is 9.94. The Balaban J connectivity index is 2.01. The van der Waals surface area contributed by atoms with Crippen LogP contribution in [0.1, 0.15) is 57.7 Å². The summed E-state index contributed by atoms with van der Waals surface area (Å²) < 4.78 is 22.6. The van der Waals surface area contributed by atoms with Gasteiger partial charge in [-0.1, -0.05) is 83.3 Å². The first-order chi connectivity index (χ1) is 13.8. The molecule has 3 nitrogen and oxygen atoms in total. The van der Waals surface area contributed by atoms with Crippen LogP contribution in [0.25, 0.3) is 0 Å². The third kappa shape index (κ3) is 5.97. The fourth-order valence-corrected chi connectivity index (χ4v) is 5.77. The van der Waals surface area contributed by atoms with Crippen molar-refractivity contribution in [2.75, 3.05) is 0 Å². The lowest BCUT2D eigenvalue weighted by Crippen LogP contribution is -2.50. The molecule has 3 rings (SSSR count). The maximum Gasteiger partial charge on any atom is 0.137 e. The minimum absolute atomic E-state index is 0.0217. The predicted molar refractivity (Wildman–Crippen MR) is 130 cm³/mol. The molecule has 0 aliphatic carbocycles. The van der Waals surface area contributed by atoms with Crippen LogP contribution in [-0.4, -0.2) is 29.7 Å². The molecule has 0 amide bonds. The van der Waals surface area contributed by atoms with Gasteiger partial charge in [-0.3, -0.25) is 0 Å². The van der Waals surface area contributed by atoms with Crippen LogP contribution in [0.2, 0.25) is 0 Å². The SMILES string of the molecule is CC1OC(C(c2ccccc2)N(Cc2ccccc2)[S+]([O-])C(C)(C)C)CCC1I. The van der Waals surface area contributed by atoms with Gasteiger partial charge in [0.1, 0.15) is 10.8 Å². The predicted octanol–water partition coefficient (Wildman–Crippen LogP) is 6.06. The summed E-state index contributed by atoms with van der Waals surface area (Å²) in [6.45, 7) is 8.94. The maximum absolute atomic E-state index is 13.8. The smallest absolute Gasteiger partial charge is 0.137 e. The van der Waals surface area contributed by atoms with Gasteiger partial charge in [0.05, 0.1) is 18.8 Å². The number of benzene rings is 2. The molecule has 5 atom stereocenters. The number of halogens is 1. The van der Waals surface area contributed by atoms with Crippen LogP contribution >= 0.6 is 22.6 Å². The van der Waals surface area contributed by atoms with Crippen molar-refractivity contribution in [2.45, 2.75) is 74.0 Å². The molecule has 1 aliphatic rings. The molecule has 0 aromatic heterocycles. The van der Waals surface area contributed by atoms with Crippen molar-refractivity contribution in [3.8, 4) is 0 Å². The zero-order valence-electron chi connectivity index (χ0n) is 17.8. The number of rotatable bonds is 6. The quantitative estimate of drug-likeness (QED) is 0.261. The molecule has 29 heavy (non-hydrogen) atoms. The molecule has 1 saturated heterocycles. The molecule has 1 fully saturated rings. The summed E-state index contributed by atoms with van der Waals surface area (Å²) in [7, 11) is 0.